The number of imide groups is 1. The van der Waals surface area contributed by atoms with Crippen LogP contribution in [0.1, 0.15) is 18.9 Å². The first-order valence-corrected chi connectivity index (χ1v) is 8.74. The fourth-order valence-corrected chi connectivity index (χ4v) is 3.34. The van der Waals surface area contributed by atoms with Gasteiger partial charge in [0.05, 0.1) is 11.6 Å². The van der Waals surface area contributed by atoms with Crippen molar-refractivity contribution in [2.75, 3.05) is 5.32 Å². The van der Waals surface area contributed by atoms with Gasteiger partial charge in [0.15, 0.2) is 5.13 Å². The van der Waals surface area contributed by atoms with Gasteiger partial charge in [-0.25, -0.2) is 9.78 Å². The summed E-state index contributed by atoms with van der Waals surface area (Å²) < 4.78 is 0. The highest BCUT2D eigenvalue weighted by Gasteiger charge is 2.34. The van der Waals surface area contributed by atoms with E-state index in [1.54, 1.807) is 6.92 Å². The van der Waals surface area contributed by atoms with Gasteiger partial charge in [0, 0.05) is 23.4 Å². The Labute approximate surface area is 148 Å². The summed E-state index contributed by atoms with van der Waals surface area (Å²) in [6, 6.07) is 7.04. The number of carbonyl (C=O) groups excluding carboxylic acids is 3. The molecule has 1 aliphatic rings. The highest BCUT2D eigenvalue weighted by Crippen LogP contribution is 2.25. The van der Waals surface area contributed by atoms with E-state index in [2.05, 4.69) is 20.9 Å². The predicted octanol–water partition coefficient (Wildman–Crippen LogP) is 2.29. The first kappa shape index (κ1) is 17.1. The quantitative estimate of drug-likeness (QED) is 0.781. The molecule has 130 valence electrons. The first-order chi connectivity index (χ1) is 11.9. The molecule has 1 aromatic heterocycles. The van der Waals surface area contributed by atoms with Gasteiger partial charge < -0.3 is 10.6 Å². The molecule has 2 aromatic rings. The van der Waals surface area contributed by atoms with Crippen molar-refractivity contribution in [3.8, 4) is 11.3 Å². The number of amides is 4. The summed E-state index contributed by atoms with van der Waals surface area (Å²) in [6.45, 7) is 3.72. The number of aromatic nitrogens is 1. The predicted molar refractivity (Wildman–Crippen MR) is 95.2 cm³/mol. The van der Waals surface area contributed by atoms with E-state index in [4.69, 9.17) is 0 Å². The number of anilines is 1. The van der Waals surface area contributed by atoms with Crippen molar-refractivity contribution < 1.29 is 14.4 Å². The normalized spacial score (nSPS) is 19.9. The summed E-state index contributed by atoms with van der Waals surface area (Å²) in [5.74, 6) is -1.35. The number of nitrogens with zero attached hydrogens (tertiary/aromatic N) is 1. The smallest absolute Gasteiger partial charge is 0.321 e. The third kappa shape index (κ3) is 4.03. The largest absolute Gasteiger partial charge is 0.335 e. The van der Waals surface area contributed by atoms with Crippen LogP contribution in [-0.2, 0) is 9.59 Å². The lowest BCUT2D eigenvalue weighted by atomic mass is 9.94. The minimum absolute atomic E-state index is 0.0211. The molecule has 3 rings (SSSR count). The van der Waals surface area contributed by atoms with E-state index >= 15 is 0 Å². The highest BCUT2D eigenvalue weighted by atomic mass is 32.1. The van der Waals surface area contributed by atoms with E-state index in [1.165, 1.54) is 16.9 Å². The molecule has 1 fully saturated rings. The van der Waals surface area contributed by atoms with Crippen LogP contribution in [0.4, 0.5) is 9.93 Å². The average molecular weight is 358 g/mol. The SMILES string of the molecule is Cc1ccc(-c2csc(NC(=O)CC3C(=O)NC(=O)NC3C)n2)cc1. The number of urea groups is 1. The summed E-state index contributed by atoms with van der Waals surface area (Å²) in [6.07, 6.45) is -0.0211. The first-order valence-electron chi connectivity index (χ1n) is 7.86. The Bertz CT molecular complexity index is 816. The molecule has 1 saturated heterocycles. The molecule has 0 radical (unpaired) electrons. The monoisotopic (exact) mass is 358 g/mol. The molecule has 7 nitrogen and oxygen atoms in total. The molecule has 25 heavy (non-hydrogen) atoms. The van der Waals surface area contributed by atoms with Crippen molar-refractivity contribution in [1.82, 2.24) is 15.6 Å². The van der Waals surface area contributed by atoms with Crippen molar-refractivity contribution >= 4 is 34.3 Å². The summed E-state index contributed by atoms with van der Waals surface area (Å²) in [7, 11) is 0. The van der Waals surface area contributed by atoms with Gasteiger partial charge >= 0.3 is 6.03 Å². The topological polar surface area (TPSA) is 100 Å². The molecular weight excluding hydrogens is 340 g/mol. The summed E-state index contributed by atoms with van der Waals surface area (Å²) in [4.78, 5) is 39.7. The summed E-state index contributed by atoms with van der Waals surface area (Å²) >= 11 is 1.33. The van der Waals surface area contributed by atoms with Crippen LogP contribution in [0.25, 0.3) is 11.3 Å². The molecular formula is C17H18N4O3S. The van der Waals surface area contributed by atoms with Gasteiger partial charge in [-0.2, -0.15) is 0 Å². The standard InChI is InChI=1S/C17H18N4O3S/c1-9-3-5-11(6-4-9)13-8-25-17(19-13)20-14(22)7-12-10(2)18-16(24)21-15(12)23/h3-6,8,10,12H,7H2,1-2H3,(H,19,20,22)(H2,18,21,23,24). The van der Waals surface area contributed by atoms with Crippen LogP contribution < -0.4 is 16.0 Å². The number of rotatable bonds is 4. The molecule has 4 amide bonds. The molecule has 1 aliphatic heterocycles. The van der Waals surface area contributed by atoms with Crippen molar-refractivity contribution in [2.45, 2.75) is 26.3 Å². The zero-order valence-corrected chi connectivity index (χ0v) is 14.6. The number of carbonyl (C=O) groups is 3. The zero-order chi connectivity index (χ0) is 18.0. The maximum Gasteiger partial charge on any atom is 0.321 e. The van der Waals surface area contributed by atoms with Crippen LogP contribution in [0.3, 0.4) is 0 Å². The molecule has 0 bridgehead atoms. The van der Waals surface area contributed by atoms with E-state index in [0.29, 0.717) is 5.13 Å². The van der Waals surface area contributed by atoms with Gasteiger partial charge in [-0.3, -0.25) is 14.9 Å². The Hall–Kier alpha value is -2.74. The van der Waals surface area contributed by atoms with Crippen LogP contribution >= 0.6 is 11.3 Å². The third-order valence-corrected chi connectivity index (χ3v) is 4.80. The zero-order valence-electron chi connectivity index (χ0n) is 13.8. The van der Waals surface area contributed by atoms with E-state index < -0.39 is 23.9 Å². The molecule has 2 heterocycles. The summed E-state index contributed by atoms with van der Waals surface area (Å²) in [5.41, 5.74) is 2.93. The third-order valence-electron chi connectivity index (χ3n) is 4.04. The lowest BCUT2D eigenvalue weighted by Gasteiger charge is -2.28. The van der Waals surface area contributed by atoms with Crippen molar-refractivity contribution in [1.29, 1.82) is 0 Å². The number of hydrogen-bond donors (Lipinski definition) is 3. The maximum atomic E-state index is 12.2. The molecule has 0 saturated carbocycles. The van der Waals surface area contributed by atoms with Gasteiger partial charge in [-0.15, -0.1) is 11.3 Å². The maximum absolute atomic E-state index is 12.2. The van der Waals surface area contributed by atoms with Crippen LogP contribution in [0.5, 0.6) is 0 Å². The second kappa shape index (κ2) is 7.02. The van der Waals surface area contributed by atoms with E-state index in [-0.39, 0.29) is 12.3 Å². The van der Waals surface area contributed by atoms with Gasteiger partial charge in [-0.1, -0.05) is 29.8 Å². The van der Waals surface area contributed by atoms with Crippen LogP contribution in [0.2, 0.25) is 0 Å². The van der Waals surface area contributed by atoms with Gasteiger partial charge in [0.1, 0.15) is 0 Å². The average Bonchev–Trinajstić information content (AvgIpc) is 3.00. The van der Waals surface area contributed by atoms with Crippen LogP contribution in [-0.4, -0.2) is 28.9 Å². The molecule has 2 atom stereocenters. The van der Waals surface area contributed by atoms with E-state index in [0.717, 1.165) is 11.3 Å². The number of hydrogen-bond acceptors (Lipinski definition) is 5. The molecule has 0 aliphatic carbocycles. The lowest BCUT2D eigenvalue weighted by Crippen LogP contribution is -2.57. The Morgan fingerprint density at radius 1 is 1.28 bits per heavy atom. The van der Waals surface area contributed by atoms with E-state index in [9.17, 15) is 14.4 Å². The Morgan fingerprint density at radius 2 is 2.00 bits per heavy atom. The minimum atomic E-state index is -0.603. The van der Waals surface area contributed by atoms with Crippen molar-refractivity contribution in [2.24, 2.45) is 5.92 Å². The van der Waals surface area contributed by atoms with Crippen molar-refractivity contribution in [3.05, 3.63) is 35.2 Å². The Balaban J connectivity index is 1.63. The molecule has 1 aromatic carbocycles. The fourth-order valence-electron chi connectivity index (χ4n) is 2.60. The Morgan fingerprint density at radius 3 is 2.68 bits per heavy atom. The number of benzene rings is 1. The van der Waals surface area contributed by atoms with E-state index in [1.807, 2.05) is 36.6 Å². The van der Waals surface area contributed by atoms with Crippen molar-refractivity contribution in [3.63, 3.8) is 0 Å². The Kier molecular flexibility index (Phi) is 4.80. The number of aryl methyl sites for hydroxylation is 1. The highest BCUT2D eigenvalue weighted by molar-refractivity contribution is 7.14. The molecule has 0 spiro atoms. The lowest BCUT2D eigenvalue weighted by molar-refractivity contribution is -0.129. The van der Waals surface area contributed by atoms with Gasteiger partial charge in [0.2, 0.25) is 11.8 Å². The second-order valence-electron chi connectivity index (χ2n) is 6.01. The summed E-state index contributed by atoms with van der Waals surface area (Å²) in [5, 5.41) is 9.84. The molecule has 8 heteroatoms. The van der Waals surface area contributed by atoms with Gasteiger partial charge in [-0.05, 0) is 13.8 Å². The molecule has 2 unspecified atom stereocenters. The number of thiazole rings is 1. The van der Waals surface area contributed by atoms with Crippen LogP contribution in [0, 0.1) is 12.8 Å². The fraction of sp³-hybridized carbons (Fsp3) is 0.294. The number of nitrogens with one attached hydrogen (secondary N) is 3. The van der Waals surface area contributed by atoms with Crippen LogP contribution in [0.15, 0.2) is 29.6 Å². The van der Waals surface area contributed by atoms with Gasteiger partial charge in [0.25, 0.3) is 0 Å². The second-order valence-corrected chi connectivity index (χ2v) is 6.87. The molecule has 3 N–H and O–H groups in total. The minimum Gasteiger partial charge on any atom is -0.335 e.